The number of hydrogen-bond donors (Lipinski definition) is 0. The van der Waals surface area contributed by atoms with Gasteiger partial charge in [0.2, 0.25) is 0 Å². The fourth-order valence-corrected chi connectivity index (χ4v) is 2.76. The summed E-state index contributed by atoms with van der Waals surface area (Å²) in [6.45, 7) is 0. The van der Waals surface area contributed by atoms with E-state index in [1.807, 2.05) is 12.1 Å². The summed E-state index contributed by atoms with van der Waals surface area (Å²) in [6.07, 6.45) is 6.56. The van der Waals surface area contributed by atoms with Gasteiger partial charge in [-0.25, -0.2) is 20.0 Å². The van der Waals surface area contributed by atoms with Crippen LogP contribution in [-0.4, -0.2) is 55.2 Å². The van der Waals surface area contributed by atoms with Gasteiger partial charge < -0.3 is 10.2 Å². The summed E-state index contributed by atoms with van der Waals surface area (Å²) >= 11 is 0. The first-order chi connectivity index (χ1) is 18.2. The molecule has 0 bridgehead atoms. The molecule has 2 heterocycles. The number of hydrogen-bond acceptors (Lipinski definition) is 8. The third-order valence-corrected chi connectivity index (χ3v) is 4.20. The standard InChI is InChI=1S/C24H18N4O2.2C2H6OS.Ru/c29-23(17-9-3-1-4-10-17)27-21-15-7-13-19(25-21)20-14-8-16-22(26-20)28-24(30)18-11-5-2-6-12-18;2*1-4(2)3;/h1-16H,(H,25,27,29)(H,26,28,30);2*1-2H3;/q;;;+2/p-2. The molecule has 0 spiro atoms. The predicted molar refractivity (Wildman–Crippen MR) is 153 cm³/mol. The van der Waals surface area contributed by atoms with Crippen LogP contribution >= 0.6 is 0 Å². The molecule has 0 aliphatic heterocycles. The Hall–Kier alpha value is -3.40. The molecule has 0 N–H and O–H groups in total. The minimum Gasteiger partial charge on any atom is -0.858 e. The zero-order valence-electron chi connectivity index (χ0n) is 21.8. The molecule has 11 heteroatoms. The molecular formula is C28H28N4O4RuS2. The molecule has 39 heavy (non-hydrogen) atoms. The molecular weight excluding hydrogens is 622 g/mol. The Kier molecular flexibility index (Phi) is 15.5. The van der Waals surface area contributed by atoms with Gasteiger partial charge in [-0.05, 0) is 47.2 Å². The summed E-state index contributed by atoms with van der Waals surface area (Å²) in [6, 6.07) is 27.9. The van der Waals surface area contributed by atoms with Crippen molar-refractivity contribution in [1.82, 2.24) is 9.97 Å². The van der Waals surface area contributed by atoms with Crippen LogP contribution in [0, 0.1) is 0 Å². The Labute approximate surface area is 246 Å². The first-order valence-electron chi connectivity index (χ1n) is 11.2. The van der Waals surface area contributed by atoms with Crippen molar-refractivity contribution >= 4 is 45.0 Å². The van der Waals surface area contributed by atoms with Crippen molar-refractivity contribution in [2.75, 3.05) is 25.0 Å². The fourth-order valence-electron chi connectivity index (χ4n) is 2.76. The molecule has 0 radical (unpaired) electrons. The quantitative estimate of drug-likeness (QED) is 0.186. The maximum Gasteiger partial charge on any atom is 2.00 e. The van der Waals surface area contributed by atoms with Crippen LogP contribution < -0.4 is 10.2 Å². The second kappa shape index (κ2) is 18.0. The van der Waals surface area contributed by atoms with Crippen LogP contribution in [0.2, 0.25) is 0 Å². The van der Waals surface area contributed by atoms with Crippen molar-refractivity contribution in [2.24, 2.45) is 9.98 Å². The van der Waals surface area contributed by atoms with Crippen LogP contribution in [0.15, 0.2) is 107 Å². The average molecular weight is 650 g/mol. The SMILES string of the molecule is CS(C)=O.CS(C)=O.[O-]/C(=N\c1cccc(-c2cccc(/N=C(\[O-])c3ccccc3)n2)n1)c1ccccc1.[Ru+2]. The Morgan fingerprint density at radius 3 is 1.18 bits per heavy atom. The number of aliphatic imine (C=N–C) groups is 2. The fraction of sp³-hybridized carbons (Fsp3) is 0.143. The van der Waals surface area contributed by atoms with E-state index in [0.29, 0.717) is 22.5 Å². The van der Waals surface area contributed by atoms with E-state index in [2.05, 4.69) is 20.0 Å². The van der Waals surface area contributed by atoms with Crippen LogP contribution in [0.25, 0.3) is 11.4 Å². The van der Waals surface area contributed by atoms with Gasteiger partial charge in [0.1, 0.15) is 0 Å². The molecule has 0 atom stereocenters. The third kappa shape index (κ3) is 13.3. The molecule has 0 saturated heterocycles. The second-order valence-electron chi connectivity index (χ2n) is 7.81. The first-order valence-corrected chi connectivity index (χ1v) is 15.2. The Morgan fingerprint density at radius 2 is 0.872 bits per heavy atom. The molecule has 0 unspecified atom stereocenters. The smallest absolute Gasteiger partial charge is 0.858 e. The second-order valence-corrected chi connectivity index (χ2v) is 10.8. The number of aromatic nitrogens is 2. The van der Waals surface area contributed by atoms with Gasteiger partial charge in [0.05, 0.1) is 11.4 Å². The van der Waals surface area contributed by atoms with Crippen molar-refractivity contribution < 1.29 is 38.1 Å². The normalized spacial score (nSPS) is 11.0. The molecule has 0 aliphatic carbocycles. The van der Waals surface area contributed by atoms with E-state index in [1.165, 1.54) is 0 Å². The van der Waals surface area contributed by atoms with Crippen LogP contribution in [0.4, 0.5) is 11.6 Å². The van der Waals surface area contributed by atoms with E-state index in [9.17, 15) is 18.6 Å². The zero-order valence-corrected chi connectivity index (χ0v) is 25.2. The summed E-state index contributed by atoms with van der Waals surface area (Å²) in [4.78, 5) is 17.0. The van der Waals surface area contributed by atoms with Gasteiger partial charge in [-0.3, -0.25) is 8.42 Å². The molecule has 0 fully saturated rings. The molecule has 2 aromatic carbocycles. The van der Waals surface area contributed by atoms with E-state index in [4.69, 9.17) is 0 Å². The zero-order chi connectivity index (χ0) is 27.9. The summed E-state index contributed by atoms with van der Waals surface area (Å²) < 4.78 is 19.1. The number of rotatable bonds is 5. The molecule has 0 aliphatic rings. The van der Waals surface area contributed by atoms with Crippen LogP contribution in [0.5, 0.6) is 0 Å². The van der Waals surface area contributed by atoms with Gasteiger partial charge in [0.25, 0.3) is 0 Å². The van der Waals surface area contributed by atoms with E-state index >= 15 is 0 Å². The van der Waals surface area contributed by atoms with E-state index in [0.717, 1.165) is 0 Å². The van der Waals surface area contributed by atoms with Gasteiger partial charge in [-0.15, -0.1) is 0 Å². The van der Waals surface area contributed by atoms with Crippen molar-refractivity contribution in [3.8, 4) is 11.4 Å². The van der Waals surface area contributed by atoms with Gasteiger partial charge in [0, 0.05) is 46.6 Å². The summed E-state index contributed by atoms with van der Waals surface area (Å²) in [5.41, 5.74) is 2.04. The topological polar surface area (TPSA) is 131 Å². The summed E-state index contributed by atoms with van der Waals surface area (Å²) in [5, 5.41) is 24.6. The molecule has 0 saturated carbocycles. The number of pyridine rings is 2. The van der Waals surface area contributed by atoms with Gasteiger partial charge in [0.15, 0.2) is 11.6 Å². The van der Waals surface area contributed by atoms with E-state index < -0.39 is 21.6 Å². The average Bonchev–Trinajstić information content (AvgIpc) is 2.89. The molecule has 8 nitrogen and oxygen atoms in total. The van der Waals surface area contributed by atoms with E-state index in [-0.39, 0.29) is 42.9 Å². The number of nitrogens with zero attached hydrogens (tertiary/aromatic N) is 4. The molecule has 204 valence electrons. The van der Waals surface area contributed by atoms with Crippen LogP contribution in [0.1, 0.15) is 11.1 Å². The minimum atomic E-state index is -0.611. The Morgan fingerprint density at radius 1 is 0.564 bits per heavy atom. The molecule has 2 aromatic heterocycles. The number of benzene rings is 2. The first kappa shape index (κ1) is 33.6. The maximum absolute atomic E-state index is 12.3. The van der Waals surface area contributed by atoms with Crippen LogP contribution in [0.3, 0.4) is 0 Å². The van der Waals surface area contributed by atoms with Crippen molar-refractivity contribution in [1.29, 1.82) is 0 Å². The van der Waals surface area contributed by atoms with Crippen molar-refractivity contribution in [2.45, 2.75) is 0 Å². The van der Waals surface area contributed by atoms with Crippen molar-refractivity contribution in [3.63, 3.8) is 0 Å². The van der Waals surface area contributed by atoms with Gasteiger partial charge in [-0.1, -0.05) is 72.8 Å². The molecule has 0 amide bonds. The Bertz CT molecular complexity index is 1300. The van der Waals surface area contributed by atoms with Gasteiger partial charge in [-0.2, -0.15) is 0 Å². The van der Waals surface area contributed by atoms with Crippen LogP contribution in [-0.2, 0) is 41.1 Å². The third-order valence-electron chi connectivity index (χ3n) is 4.20. The largest absolute Gasteiger partial charge is 2.00 e. The maximum atomic E-state index is 12.3. The Balaban J connectivity index is 0.000000748. The molecule has 4 aromatic rings. The monoisotopic (exact) mass is 650 g/mol. The van der Waals surface area contributed by atoms with Gasteiger partial charge >= 0.3 is 19.5 Å². The molecule has 4 rings (SSSR count). The summed E-state index contributed by atoms with van der Waals surface area (Å²) in [7, 11) is -1.22. The van der Waals surface area contributed by atoms with E-state index in [1.54, 1.807) is 110 Å². The predicted octanol–water partition coefficient (Wildman–Crippen LogP) is 3.01. The summed E-state index contributed by atoms with van der Waals surface area (Å²) in [5.74, 6) is -0.174. The minimum absolute atomic E-state index is 0. The van der Waals surface area contributed by atoms with Crippen molar-refractivity contribution in [3.05, 3.63) is 108 Å².